The lowest BCUT2D eigenvalue weighted by Gasteiger charge is -2.20. The monoisotopic (exact) mass is 413 g/mol. The predicted molar refractivity (Wildman–Crippen MR) is 119 cm³/mol. The van der Waals surface area contributed by atoms with Crippen molar-refractivity contribution in [1.82, 2.24) is 29.7 Å². The molecule has 4 aromatic rings. The zero-order valence-corrected chi connectivity index (χ0v) is 17.0. The minimum atomic E-state index is -0.272. The molecule has 1 unspecified atom stereocenters. The molecule has 0 saturated carbocycles. The third-order valence-corrected chi connectivity index (χ3v) is 5.58. The molecule has 1 amide bonds. The van der Waals surface area contributed by atoms with E-state index in [1.165, 1.54) is 6.20 Å². The summed E-state index contributed by atoms with van der Waals surface area (Å²) in [7, 11) is 0. The Balaban J connectivity index is 1.51. The predicted octanol–water partition coefficient (Wildman–Crippen LogP) is 3.28. The molecule has 1 saturated heterocycles. The van der Waals surface area contributed by atoms with Crippen LogP contribution in [0, 0.1) is 0 Å². The van der Waals surface area contributed by atoms with Crippen LogP contribution in [0.2, 0.25) is 0 Å². The summed E-state index contributed by atoms with van der Waals surface area (Å²) in [4.78, 5) is 17.4. The van der Waals surface area contributed by atoms with Gasteiger partial charge in [-0.1, -0.05) is 24.8 Å². The normalized spacial score (nSPS) is 16.3. The first kappa shape index (κ1) is 19.2. The van der Waals surface area contributed by atoms with Gasteiger partial charge in [0.25, 0.3) is 5.91 Å². The molecule has 31 heavy (non-hydrogen) atoms. The van der Waals surface area contributed by atoms with Gasteiger partial charge in [-0.05, 0) is 43.1 Å². The SMILES string of the molecule is C=Cc1ccc(-n2nc(C3CCCNC3)cc2NC(=O)c2cnn3cccnc23)cc1. The van der Waals surface area contributed by atoms with Crippen molar-refractivity contribution in [2.45, 2.75) is 18.8 Å². The Hall–Kier alpha value is -3.78. The minimum absolute atomic E-state index is 0.272. The molecule has 1 aliphatic heterocycles. The van der Waals surface area contributed by atoms with E-state index >= 15 is 0 Å². The van der Waals surface area contributed by atoms with Crippen LogP contribution in [0.25, 0.3) is 17.4 Å². The fraction of sp³-hybridized carbons (Fsp3) is 0.217. The molecule has 0 radical (unpaired) electrons. The van der Waals surface area contributed by atoms with Gasteiger partial charge in [-0.3, -0.25) is 4.79 Å². The molecule has 8 heteroatoms. The van der Waals surface area contributed by atoms with Crippen molar-refractivity contribution in [2.75, 3.05) is 18.4 Å². The van der Waals surface area contributed by atoms with Gasteiger partial charge in [-0.2, -0.15) is 10.2 Å². The fourth-order valence-electron chi connectivity index (χ4n) is 3.91. The highest BCUT2D eigenvalue weighted by molar-refractivity contribution is 6.07. The van der Waals surface area contributed by atoms with E-state index in [0.29, 0.717) is 22.9 Å². The highest BCUT2D eigenvalue weighted by Gasteiger charge is 2.22. The number of piperidine rings is 1. The summed E-state index contributed by atoms with van der Waals surface area (Å²) < 4.78 is 3.37. The number of anilines is 1. The third kappa shape index (κ3) is 3.73. The Bertz CT molecular complexity index is 1230. The summed E-state index contributed by atoms with van der Waals surface area (Å²) in [6.45, 7) is 5.73. The van der Waals surface area contributed by atoms with Crippen LogP contribution in [0.1, 0.15) is 40.4 Å². The minimum Gasteiger partial charge on any atom is -0.316 e. The zero-order chi connectivity index (χ0) is 21.2. The number of rotatable bonds is 5. The summed E-state index contributed by atoms with van der Waals surface area (Å²) in [5, 5.41) is 15.5. The van der Waals surface area contributed by atoms with Crippen molar-refractivity contribution >= 4 is 23.4 Å². The lowest BCUT2D eigenvalue weighted by molar-refractivity contribution is 0.102. The van der Waals surface area contributed by atoms with E-state index < -0.39 is 0 Å². The molecule has 0 aliphatic carbocycles. The molecule has 1 aromatic carbocycles. The second-order valence-corrected chi connectivity index (χ2v) is 7.61. The quantitative estimate of drug-likeness (QED) is 0.524. The maximum absolute atomic E-state index is 13.1. The molecule has 2 N–H and O–H groups in total. The Morgan fingerprint density at radius 3 is 2.94 bits per heavy atom. The first-order valence-corrected chi connectivity index (χ1v) is 10.4. The highest BCUT2D eigenvalue weighted by Crippen LogP contribution is 2.27. The lowest BCUT2D eigenvalue weighted by Crippen LogP contribution is -2.28. The van der Waals surface area contributed by atoms with Gasteiger partial charge in [0.2, 0.25) is 0 Å². The zero-order valence-electron chi connectivity index (χ0n) is 17.0. The molecule has 1 atom stereocenters. The summed E-state index contributed by atoms with van der Waals surface area (Å²) in [6, 6.07) is 11.6. The van der Waals surface area contributed by atoms with Gasteiger partial charge >= 0.3 is 0 Å². The number of aromatic nitrogens is 5. The van der Waals surface area contributed by atoms with Crippen molar-refractivity contribution in [3.8, 4) is 5.69 Å². The average Bonchev–Trinajstić information content (AvgIpc) is 3.44. The van der Waals surface area contributed by atoms with E-state index in [-0.39, 0.29) is 5.91 Å². The lowest BCUT2D eigenvalue weighted by atomic mass is 9.96. The number of nitrogens with zero attached hydrogens (tertiary/aromatic N) is 5. The van der Waals surface area contributed by atoms with E-state index in [0.717, 1.165) is 42.9 Å². The number of fused-ring (bicyclic) bond motifs is 1. The molecule has 8 nitrogen and oxygen atoms in total. The number of amides is 1. The largest absolute Gasteiger partial charge is 0.316 e. The van der Waals surface area contributed by atoms with E-state index in [9.17, 15) is 4.79 Å². The molecule has 1 fully saturated rings. The smallest absolute Gasteiger partial charge is 0.262 e. The standard InChI is InChI=1S/C23H23N7O/c1-2-16-6-8-18(9-7-16)30-21(13-20(28-30)17-5-3-10-24-14-17)27-23(31)19-15-26-29-12-4-11-25-22(19)29/h2,4,6-9,11-13,15,17,24H,1,3,5,10,14H2,(H,27,31). The van der Waals surface area contributed by atoms with Crippen LogP contribution in [-0.4, -0.2) is 43.4 Å². The van der Waals surface area contributed by atoms with Crippen LogP contribution in [0.5, 0.6) is 0 Å². The van der Waals surface area contributed by atoms with Crippen LogP contribution in [0.15, 0.2) is 61.6 Å². The third-order valence-electron chi connectivity index (χ3n) is 5.58. The number of carbonyl (C=O) groups excluding carboxylic acids is 1. The Morgan fingerprint density at radius 2 is 2.16 bits per heavy atom. The summed E-state index contributed by atoms with van der Waals surface area (Å²) >= 11 is 0. The number of benzene rings is 1. The molecule has 4 heterocycles. The second-order valence-electron chi connectivity index (χ2n) is 7.61. The highest BCUT2D eigenvalue weighted by atomic mass is 16.1. The van der Waals surface area contributed by atoms with E-state index in [4.69, 9.17) is 5.10 Å². The van der Waals surface area contributed by atoms with E-state index in [1.807, 2.05) is 30.3 Å². The molecule has 0 bridgehead atoms. The molecule has 3 aromatic heterocycles. The maximum Gasteiger partial charge on any atom is 0.262 e. The van der Waals surface area contributed by atoms with Crippen molar-refractivity contribution in [2.24, 2.45) is 0 Å². The molecular weight excluding hydrogens is 390 g/mol. The van der Waals surface area contributed by atoms with Crippen molar-refractivity contribution in [3.63, 3.8) is 0 Å². The Kier molecular flexibility index (Phi) is 5.05. The van der Waals surface area contributed by atoms with Gasteiger partial charge < -0.3 is 10.6 Å². The summed E-state index contributed by atoms with van der Waals surface area (Å²) in [5.74, 6) is 0.662. The number of carbonyl (C=O) groups is 1. The van der Waals surface area contributed by atoms with Crippen LogP contribution >= 0.6 is 0 Å². The second kappa shape index (κ2) is 8.16. The van der Waals surface area contributed by atoms with Gasteiger partial charge in [0.1, 0.15) is 11.4 Å². The van der Waals surface area contributed by atoms with Crippen LogP contribution in [0.3, 0.4) is 0 Å². The van der Waals surface area contributed by atoms with Gasteiger partial charge in [-0.15, -0.1) is 0 Å². The maximum atomic E-state index is 13.1. The Labute approximate surface area is 179 Å². The number of nitrogens with one attached hydrogen (secondary N) is 2. The summed E-state index contributed by atoms with van der Waals surface area (Å²) in [5.41, 5.74) is 3.78. The van der Waals surface area contributed by atoms with Gasteiger partial charge in [-0.25, -0.2) is 14.2 Å². The van der Waals surface area contributed by atoms with Crippen LogP contribution < -0.4 is 10.6 Å². The van der Waals surface area contributed by atoms with E-state index in [2.05, 4.69) is 27.3 Å². The van der Waals surface area contributed by atoms with E-state index in [1.54, 1.807) is 33.7 Å². The van der Waals surface area contributed by atoms with Gasteiger partial charge in [0.15, 0.2) is 5.65 Å². The van der Waals surface area contributed by atoms with Gasteiger partial charge in [0.05, 0.1) is 17.6 Å². The van der Waals surface area contributed by atoms with Crippen LogP contribution in [-0.2, 0) is 0 Å². The molecule has 5 rings (SSSR count). The number of hydrogen-bond donors (Lipinski definition) is 2. The molecule has 156 valence electrons. The molecule has 1 aliphatic rings. The fourth-order valence-corrected chi connectivity index (χ4v) is 3.91. The van der Waals surface area contributed by atoms with Crippen molar-refractivity contribution in [3.05, 3.63) is 78.4 Å². The van der Waals surface area contributed by atoms with Crippen molar-refractivity contribution < 1.29 is 4.79 Å². The first-order valence-electron chi connectivity index (χ1n) is 10.4. The summed E-state index contributed by atoms with van der Waals surface area (Å²) in [6.07, 6.45) is 8.92. The van der Waals surface area contributed by atoms with Crippen LogP contribution in [0.4, 0.5) is 5.82 Å². The van der Waals surface area contributed by atoms with Gasteiger partial charge in [0, 0.05) is 30.9 Å². The first-order chi connectivity index (χ1) is 15.2. The molecular formula is C23H23N7O. The average molecular weight is 413 g/mol. The molecule has 0 spiro atoms. The topological polar surface area (TPSA) is 89.1 Å². The van der Waals surface area contributed by atoms with Crippen molar-refractivity contribution in [1.29, 1.82) is 0 Å². The Morgan fingerprint density at radius 1 is 1.29 bits per heavy atom. The number of hydrogen-bond acceptors (Lipinski definition) is 5.